The minimum Gasteiger partial charge on any atom is -0.504 e. The van der Waals surface area contributed by atoms with Crippen molar-refractivity contribution < 1.29 is 10.2 Å². The molecule has 1 aromatic carbocycles. The van der Waals surface area contributed by atoms with Gasteiger partial charge in [0.2, 0.25) is 0 Å². The molecular formula is C17H22O2. The third kappa shape index (κ3) is 1.62. The molecule has 0 aromatic heterocycles. The molecule has 4 aliphatic rings. The van der Waals surface area contributed by atoms with Crippen LogP contribution in [0.15, 0.2) is 12.1 Å². The molecule has 4 bridgehead atoms. The molecule has 0 radical (unpaired) electrons. The molecule has 1 aromatic rings. The Morgan fingerprint density at radius 2 is 1.47 bits per heavy atom. The molecular weight excluding hydrogens is 236 g/mol. The normalized spacial score (nSPS) is 39.7. The fourth-order valence-electron chi connectivity index (χ4n) is 5.53. The van der Waals surface area contributed by atoms with Gasteiger partial charge in [0, 0.05) is 0 Å². The second-order valence-corrected chi connectivity index (χ2v) is 7.36. The summed E-state index contributed by atoms with van der Waals surface area (Å²) >= 11 is 0. The summed E-state index contributed by atoms with van der Waals surface area (Å²) in [5.41, 5.74) is 2.38. The minimum atomic E-state index is 0.0495. The lowest BCUT2D eigenvalue weighted by molar-refractivity contribution is -0.00531. The van der Waals surface area contributed by atoms with Crippen molar-refractivity contribution in [2.75, 3.05) is 0 Å². The molecule has 4 fully saturated rings. The van der Waals surface area contributed by atoms with Crippen molar-refractivity contribution in [3.05, 3.63) is 23.3 Å². The fourth-order valence-corrected chi connectivity index (χ4v) is 5.53. The maximum absolute atomic E-state index is 9.93. The van der Waals surface area contributed by atoms with E-state index in [0.29, 0.717) is 5.41 Å². The average molecular weight is 258 g/mol. The topological polar surface area (TPSA) is 40.5 Å². The molecule has 0 unspecified atom stereocenters. The molecule has 5 rings (SSSR count). The summed E-state index contributed by atoms with van der Waals surface area (Å²) in [7, 11) is 0. The van der Waals surface area contributed by atoms with Crippen LogP contribution < -0.4 is 0 Å². The third-order valence-electron chi connectivity index (χ3n) is 5.93. The summed E-state index contributed by atoms with van der Waals surface area (Å²) in [6.07, 6.45) is 8.18. The van der Waals surface area contributed by atoms with E-state index in [9.17, 15) is 10.2 Å². The highest BCUT2D eigenvalue weighted by molar-refractivity contribution is 5.49. The SMILES string of the molecule is Cc1cc(C23CC4CC(CC(C4)C2)C3)cc(O)c1O. The van der Waals surface area contributed by atoms with Crippen LogP contribution in [0.4, 0.5) is 0 Å². The van der Waals surface area contributed by atoms with Gasteiger partial charge in [0.05, 0.1) is 0 Å². The highest BCUT2D eigenvalue weighted by Crippen LogP contribution is 2.61. The lowest BCUT2D eigenvalue weighted by Gasteiger charge is -2.57. The quantitative estimate of drug-likeness (QED) is 0.751. The first-order valence-corrected chi connectivity index (χ1v) is 7.59. The highest BCUT2D eigenvalue weighted by atomic mass is 16.3. The Morgan fingerprint density at radius 1 is 0.947 bits per heavy atom. The molecule has 2 nitrogen and oxygen atoms in total. The van der Waals surface area contributed by atoms with E-state index in [1.165, 1.54) is 44.1 Å². The van der Waals surface area contributed by atoms with Crippen LogP contribution in [0.5, 0.6) is 11.5 Å². The first-order valence-electron chi connectivity index (χ1n) is 7.59. The first kappa shape index (κ1) is 11.6. The summed E-state index contributed by atoms with van der Waals surface area (Å²) in [5, 5.41) is 19.7. The predicted molar refractivity (Wildman–Crippen MR) is 74.4 cm³/mol. The third-order valence-corrected chi connectivity index (χ3v) is 5.93. The summed E-state index contributed by atoms with van der Waals surface area (Å²) in [6.45, 7) is 1.89. The van der Waals surface area contributed by atoms with Gasteiger partial charge in [-0.2, -0.15) is 0 Å². The van der Waals surface area contributed by atoms with E-state index in [1.54, 1.807) is 0 Å². The van der Waals surface area contributed by atoms with Gasteiger partial charge >= 0.3 is 0 Å². The zero-order chi connectivity index (χ0) is 13.2. The maximum atomic E-state index is 9.93. The van der Waals surface area contributed by atoms with E-state index < -0.39 is 0 Å². The summed E-state index contributed by atoms with van der Waals surface area (Å²) in [5.74, 6) is 2.83. The number of rotatable bonds is 1. The van der Waals surface area contributed by atoms with E-state index >= 15 is 0 Å². The van der Waals surface area contributed by atoms with Gasteiger partial charge in [-0.3, -0.25) is 0 Å². The number of aryl methyl sites for hydroxylation is 1. The Balaban J connectivity index is 1.79. The standard InChI is InChI=1S/C17H22O2/c1-10-2-14(6-15(18)16(10)19)17-7-11-3-12(8-17)5-13(4-11)9-17/h2,6,11-13,18-19H,3-5,7-9H2,1H3. The van der Waals surface area contributed by atoms with Crippen molar-refractivity contribution in [2.24, 2.45) is 17.8 Å². The lowest BCUT2D eigenvalue weighted by Crippen LogP contribution is -2.48. The van der Waals surface area contributed by atoms with Crippen LogP contribution in [0.2, 0.25) is 0 Å². The van der Waals surface area contributed by atoms with Crippen LogP contribution in [0.25, 0.3) is 0 Å². The van der Waals surface area contributed by atoms with Crippen LogP contribution in [0.3, 0.4) is 0 Å². The van der Waals surface area contributed by atoms with Crippen molar-refractivity contribution in [3.8, 4) is 11.5 Å². The van der Waals surface area contributed by atoms with E-state index in [1.807, 2.05) is 13.0 Å². The molecule has 4 saturated carbocycles. The smallest absolute Gasteiger partial charge is 0.160 e. The molecule has 2 heteroatoms. The second-order valence-electron chi connectivity index (χ2n) is 7.36. The monoisotopic (exact) mass is 258 g/mol. The molecule has 0 heterocycles. The first-order chi connectivity index (χ1) is 9.06. The summed E-state index contributed by atoms with van der Waals surface area (Å²) < 4.78 is 0. The Hall–Kier alpha value is -1.18. The van der Waals surface area contributed by atoms with Gasteiger partial charge in [-0.25, -0.2) is 0 Å². The second kappa shape index (κ2) is 3.68. The van der Waals surface area contributed by atoms with Crippen LogP contribution in [0.1, 0.15) is 49.7 Å². The van der Waals surface area contributed by atoms with Crippen LogP contribution in [0, 0.1) is 24.7 Å². The van der Waals surface area contributed by atoms with E-state index in [4.69, 9.17) is 0 Å². The summed E-state index contributed by atoms with van der Waals surface area (Å²) in [4.78, 5) is 0. The molecule has 19 heavy (non-hydrogen) atoms. The van der Waals surface area contributed by atoms with Gasteiger partial charge in [0.1, 0.15) is 0 Å². The number of hydrogen-bond donors (Lipinski definition) is 2. The van der Waals surface area contributed by atoms with Gasteiger partial charge in [-0.05, 0) is 85.8 Å². The van der Waals surface area contributed by atoms with Crippen molar-refractivity contribution in [1.29, 1.82) is 0 Å². The number of phenolic OH excluding ortho intramolecular Hbond substituents is 2. The van der Waals surface area contributed by atoms with Crippen molar-refractivity contribution in [2.45, 2.75) is 50.9 Å². The van der Waals surface area contributed by atoms with Crippen molar-refractivity contribution in [3.63, 3.8) is 0 Å². The molecule has 0 spiro atoms. The van der Waals surface area contributed by atoms with Crippen LogP contribution >= 0.6 is 0 Å². The maximum Gasteiger partial charge on any atom is 0.160 e. The number of benzene rings is 1. The van der Waals surface area contributed by atoms with Gasteiger partial charge in [-0.1, -0.05) is 6.07 Å². The van der Waals surface area contributed by atoms with E-state index in [2.05, 4.69) is 6.07 Å². The Morgan fingerprint density at radius 3 is 1.95 bits per heavy atom. The Labute approximate surface area is 114 Å². The molecule has 0 amide bonds. The van der Waals surface area contributed by atoms with E-state index in [0.717, 1.165) is 23.3 Å². The van der Waals surface area contributed by atoms with Gasteiger partial charge < -0.3 is 10.2 Å². The van der Waals surface area contributed by atoms with Gasteiger partial charge in [0.15, 0.2) is 11.5 Å². The van der Waals surface area contributed by atoms with Crippen molar-refractivity contribution >= 4 is 0 Å². The zero-order valence-corrected chi connectivity index (χ0v) is 11.5. The Bertz CT molecular complexity index is 474. The fraction of sp³-hybridized carbons (Fsp3) is 0.647. The zero-order valence-electron chi connectivity index (χ0n) is 11.5. The van der Waals surface area contributed by atoms with Crippen LogP contribution in [-0.4, -0.2) is 10.2 Å². The van der Waals surface area contributed by atoms with Gasteiger partial charge in [-0.15, -0.1) is 0 Å². The van der Waals surface area contributed by atoms with Crippen molar-refractivity contribution in [1.82, 2.24) is 0 Å². The number of hydrogen-bond acceptors (Lipinski definition) is 2. The van der Waals surface area contributed by atoms with Crippen LogP contribution in [-0.2, 0) is 5.41 Å². The minimum absolute atomic E-state index is 0.0495. The molecule has 102 valence electrons. The van der Waals surface area contributed by atoms with E-state index in [-0.39, 0.29) is 11.5 Å². The lowest BCUT2D eigenvalue weighted by atomic mass is 9.48. The molecule has 0 atom stereocenters. The predicted octanol–water partition coefficient (Wildman–Crippen LogP) is 3.87. The Kier molecular flexibility index (Phi) is 2.25. The highest BCUT2D eigenvalue weighted by Gasteiger charge is 2.51. The average Bonchev–Trinajstić information content (AvgIpc) is 2.33. The summed E-state index contributed by atoms with van der Waals surface area (Å²) in [6, 6.07) is 3.94. The molecule has 2 N–H and O–H groups in total. The molecule has 0 aliphatic heterocycles. The number of aromatic hydroxyl groups is 2. The largest absolute Gasteiger partial charge is 0.504 e. The van der Waals surface area contributed by atoms with Gasteiger partial charge in [0.25, 0.3) is 0 Å². The number of phenols is 2. The molecule has 4 aliphatic carbocycles. The molecule has 0 saturated heterocycles.